The van der Waals surface area contributed by atoms with Crippen LogP contribution >= 0.6 is 11.6 Å². The number of halogens is 1. The second-order valence-corrected chi connectivity index (χ2v) is 5.51. The fraction of sp³-hybridized carbons (Fsp3) is 0.0556. The van der Waals surface area contributed by atoms with Crippen LogP contribution in [0.25, 0.3) is 0 Å². The first-order valence-corrected chi connectivity index (χ1v) is 7.63. The molecule has 0 unspecified atom stereocenters. The molecule has 0 atom stereocenters. The predicted octanol–water partition coefficient (Wildman–Crippen LogP) is 3.48. The molecule has 2 amide bonds. The van der Waals surface area contributed by atoms with E-state index in [2.05, 4.69) is 10.6 Å². The summed E-state index contributed by atoms with van der Waals surface area (Å²) in [6.07, 6.45) is 1.65. The largest absolute Gasteiger partial charge is 0.478 e. The van der Waals surface area contributed by atoms with Crippen LogP contribution in [0.15, 0.2) is 54.6 Å². The maximum atomic E-state index is 12.3. The molecule has 0 heterocycles. The van der Waals surface area contributed by atoms with E-state index in [1.807, 2.05) is 0 Å². The fourth-order valence-corrected chi connectivity index (χ4v) is 2.15. The molecule has 3 N–H and O–H groups in total. The minimum absolute atomic E-state index is 0.311. The molecule has 6 nitrogen and oxygen atoms in total. The summed E-state index contributed by atoms with van der Waals surface area (Å²) in [5, 5.41) is 14.3. The van der Waals surface area contributed by atoms with Crippen molar-refractivity contribution in [1.82, 2.24) is 0 Å². The Kier molecular flexibility index (Phi) is 5.92. The van der Waals surface area contributed by atoms with Crippen molar-refractivity contribution >= 4 is 40.8 Å². The Bertz CT molecular complexity index is 845. The van der Waals surface area contributed by atoms with E-state index < -0.39 is 11.9 Å². The molecule has 2 aromatic rings. The van der Waals surface area contributed by atoms with E-state index in [1.54, 1.807) is 49.4 Å². The first kappa shape index (κ1) is 18.2. The van der Waals surface area contributed by atoms with Crippen LogP contribution in [-0.2, 0) is 9.59 Å². The molecule has 0 aliphatic rings. The molecule has 0 saturated heterocycles. The average Bonchev–Trinajstić information content (AvgIpc) is 2.58. The number of anilines is 2. The van der Waals surface area contributed by atoms with E-state index in [-0.39, 0.29) is 5.91 Å². The number of hydrogen-bond donors (Lipinski definition) is 3. The van der Waals surface area contributed by atoms with Gasteiger partial charge in [0.25, 0.3) is 5.91 Å². The van der Waals surface area contributed by atoms with Crippen LogP contribution in [0.1, 0.15) is 15.9 Å². The highest BCUT2D eigenvalue weighted by atomic mass is 35.5. The molecule has 128 valence electrons. The van der Waals surface area contributed by atoms with Crippen LogP contribution in [-0.4, -0.2) is 22.9 Å². The lowest BCUT2D eigenvalue weighted by atomic mass is 10.1. The van der Waals surface area contributed by atoms with Gasteiger partial charge in [-0.25, -0.2) is 4.79 Å². The molecule has 0 saturated carbocycles. The van der Waals surface area contributed by atoms with Crippen LogP contribution < -0.4 is 10.6 Å². The summed E-state index contributed by atoms with van der Waals surface area (Å²) in [5.74, 6) is -2.10. The minimum atomic E-state index is -1.21. The topological polar surface area (TPSA) is 95.5 Å². The molecular formula is C18H15ClN2O4. The van der Waals surface area contributed by atoms with Crippen molar-refractivity contribution < 1.29 is 19.5 Å². The molecular weight excluding hydrogens is 344 g/mol. The number of aliphatic carboxylic acids is 1. The van der Waals surface area contributed by atoms with Gasteiger partial charge in [0.05, 0.1) is 0 Å². The van der Waals surface area contributed by atoms with Gasteiger partial charge in [-0.2, -0.15) is 0 Å². The third-order valence-corrected chi connectivity index (χ3v) is 3.72. The summed E-state index contributed by atoms with van der Waals surface area (Å²) in [6, 6.07) is 11.4. The highest BCUT2D eigenvalue weighted by Crippen LogP contribution is 2.23. The van der Waals surface area contributed by atoms with Gasteiger partial charge in [-0.1, -0.05) is 17.7 Å². The lowest BCUT2D eigenvalue weighted by molar-refractivity contribution is -0.131. The third kappa shape index (κ3) is 5.19. The van der Waals surface area contributed by atoms with Crippen molar-refractivity contribution in [3.05, 3.63) is 70.8 Å². The van der Waals surface area contributed by atoms with E-state index in [9.17, 15) is 14.4 Å². The van der Waals surface area contributed by atoms with Gasteiger partial charge in [-0.3, -0.25) is 9.59 Å². The summed E-state index contributed by atoms with van der Waals surface area (Å²) in [5.41, 5.74) is 2.23. The summed E-state index contributed by atoms with van der Waals surface area (Å²) in [4.78, 5) is 34.1. The van der Waals surface area contributed by atoms with Crippen LogP contribution in [0.4, 0.5) is 11.4 Å². The number of nitrogens with one attached hydrogen (secondary N) is 2. The number of hydrogen-bond acceptors (Lipinski definition) is 3. The lowest BCUT2D eigenvalue weighted by Gasteiger charge is -2.10. The number of benzene rings is 2. The van der Waals surface area contributed by atoms with Crippen molar-refractivity contribution in [2.75, 3.05) is 10.6 Å². The first-order chi connectivity index (χ1) is 11.9. The molecule has 25 heavy (non-hydrogen) atoms. The third-order valence-electron chi connectivity index (χ3n) is 3.31. The minimum Gasteiger partial charge on any atom is -0.478 e. The van der Waals surface area contributed by atoms with Crippen molar-refractivity contribution in [3.8, 4) is 0 Å². The normalized spacial score (nSPS) is 10.5. The SMILES string of the molecule is Cc1c(Cl)cccc1NC(=O)c1ccc(NC(=O)/C=C\C(=O)O)cc1. The highest BCUT2D eigenvalue weighted by molar-refractivity contribution is 6.31. The standard InChI is InChI=1S/C18H15ClN2O4/c1-11-14(19)3-2-4-15(11)21-18(25)12-5-7-13(8-6-12)20-16(22)9-10-17(23)24/h2-10H,1H3,(H,20,22)(H,21,25)(H,23,24)/b10-9-. The fourth-order valence-electron chi connectivity index (χ4n) is 1.97. The van der Waals surface area contributed by atoms with Gasteiger partial charge in [0.2, 0.25) is 5.91 Å². The Morgan fingerprint density at radius 1 is 1.00 bits per heavy atom. The second-order valence-electron chi connectivity index (χ2n) is 5.10. The summed E-state index contributed by atoms with van der Waals surface area (Å²) >= 11 is 6.02. The Hall–Kier alpha value is -3.12. The van der Waals surface area contributed by atoms with Gasteiger partial charge in [-0.05, 0) is 48.9 Å². The lowest BCUT2D eigenvalue weighted by Crippen LogP contribution is -2.13. The molecule has 0 spiro atoms. The molecule has 7 heteroatoms. The maximum absolute atomic E-state index is 12.3. The zero-order chi connectivity index (χ0) is 18.4. The molecule has 0 fully saturated rings. The Morgan fingerprint density at radius 3 is 2.32 bits per heavy atom. The Balaban J connectivity index is 2.04. The number of carboxylic acids is 1. The monoisotopic (exact) mass is 358 g/mol. The molecule has 0 bridgehead atoms. The van der Waals surface area contributed by atoms with E-state index in [0.717, 1.165) is 17.7 Å². The van der Waals surface area contributed by atoms with Crippen LogP contribution in [0.5, 0.6) is 0 Å². The molecule has 0 aliphatic heterocycles. The van der Waals surface area contributed by atoms with Crippen molar-refractivity contribution in [2.24, 2.45) is 0 Å². The number of carbonyl (C=O) groups excluding carboxylic acids is 2. The van der Waals surface area contributed by atoms with E-state index in [1.165, 1.54) is 0 Å². The van der Waals surface area contributed by atoms with Gasteiger partial charge < -0.3 is 15.7 Å². The molecule has 2 rings (SSSR count). The molecule has 2 aromatic carbocycles. The Labute approximate surface area is 149 Å². The molecule has 0 aliphatic carbocycles. The molecule has 0 aromatic heterocycles. The van der Waals surface area contributed by atoms with Gasteiger partial charge in [0.15, 0.2) is 0 Å². The van der Waals surface area contributed by atoms with Crippen molar-refractivity contribution in [2.45, 2.75) is 6.92 Å². The number of rotatable bonds is 5. The van der Waals surface area contributed by atoms with Crippen LogP contribution in [0, 0.1) is 6.92 Å². The zero-order valence-electron chi connectivity index (χ0n) is 13.2. The van der Waals surface area contributed by atoms with Crippen molar-refractivity contribution in [3.63, 3.8) is 0 Å². The number of carboxylic acid groups (broad SMARTS) is 1. The number of amides is 2. The average molecular weight is 359 g/mol. The van der Waals surface area contributed by atoms with E-state index in [4.69, 9.17) is 16.7 Å². The summed E-state index contributed by atoms with van der Waals surface area (Å²) in [7, 11) is 0. The van der Waals surface area contributed by atoms with Crippen molar-refractivity contribution in [1.29, 1.82) is 0 Å². The van der Waals surface area contributed by atoms with E-state index >= 15 is 0 Å². The zero-order valence-corrected chi connectivity index (χ0v) is 14.0. The van der Waals surface area contributed by atoms with E-state index in [0.29, 0.717) is 22.0 Å². The van der Waals surface area contributed by atoms with Crippen LogP contribution in [0.2, 0.25) is 5.02 Å². The van der Waals surface area contributed by atoms with Gasteiger partial charge >= 0.3 is 5.97 Å². The first-order valence-electron chi connectivity index (χ1n) is 7.25. The van der Waals surface area contributed by atoms with Gasteiger partial charge in [0.1, 0.15) is 0 Å². The van der Waals surface area contributed by atoms with Gasteiger partial charge in [0, 0.05) is 34.1 Å². The molecule has 0 radical (unpaired) electrons. The quantitative estimate of drug-likeness (QED) is 0.713. The predicted molar refractivity (Wildman–Crippen MR) is 96.0 cm³/mol. The number of carbonyl (C=O) groups is 3. The maximum Gasteiger partial charge on any atom is 0.328 e. The Morgan fingerprint density at radius 2 is 1.68 bits per heavy atom. The van der Waals surface area contributed by atoms with Gasteiger partial charge in [-0.15, -0.1) is 0 Å². The second kappa shape index (κ2) is 8.12. The highest BCUT2D eigenvalue weighted by Gasteiger charge is 2.09. The summed E-state index contributed by atoms with van der Waals surface area (Å²) in [6.45, 7) is 1.81. The summed E-state index contributed by atoms with van der Waals surface area (Å²) < 4.78 is 0. The smallest absolute Gasteiger partial charge is 0.328 e. The van der Waals surface area contributed by atoms with Crippen LogP contribution in [0.3, 0.4) is 0 Å².